The summed E-state index contributed by atoms with van der Waals surface area (Å²) in [7, 11) is 0. The van der Waals surface area contributed by atoms with Crippen LogP contribution in [0.2, 0.25) is 0 Å². The molecule has 1 rings (SSSR count). The van der Waals surface area contributed by atoms with E-state index in [1.807, 2.05) is 0 Å². The Morgan fingerprint density at radius 3 is 2.81 bits per heavy atom. The number of aliphatic hydroxyl groups excluding tert-OH is 1. The van der Waals surface area contributed by atoms with Crippen molar-refractivity contribution in [1.82, 2.24) is 9.55 Å². The van der Waals surface area contributed by atoms with E-state index >= 15 is 0 Å². The van der Waals surface area contributed by atoms with Crippen molar-refractivity contribution in [3.05, 3.63) is 33.1 Å². The summed E-state index contributed by atoms with van der Waals surface area (Å²) in [6, 6.07) is 1.21. The molecule has 0 bridgehead atoms. The van der Waals surface area contributed by atoms with E-state index in [0.717, 1.165) is 0 Å². The van der Waals surface area contributed by atoms with Gasteiger partial charge in [-0.1, -0.05) is 0 Å². The summed E-state index contributed by atoms with van der Waals surface area (Å²) in [5, 5.41) is 8.83. The predicted molar refractivity (Wildman–Crippen MR) is 57.0 cm³/mol. The van der Waals surface area contributed by atoms with Crippen LogP contribution in [0.4, 0.5) is 0 Å². The smallest absolute Gasteiger partial charge is 0.330 e. The second-order valence-electron chi connectivity index (χ2n) is 3.34. The Morgan fingerprint density at radius 1 is 1.62 bits per heavy atom. The number of ether oxygens (including phenoxy) is 1. The van der Waals surface area contributed by atoms with Gasteiger partial charge in [0.1, 0.15) is 0 Å². The first-order chi connectivity index (χ1) is 7.58. The van der Waals surface area contributed by atoms with Crippen LogP contribution in [-0.2, 0) is 4.74 Å². The highest BCUT2D eigenvalue weighted by atomic mass is 16.5. The number of hydrogen-bond acceptors (Lipinski definition) is 5. The SMILES string of the molecule is CC(CO)OC(CN)n1ccc(=O)[nH]c1=O. The minimum atomic E-state index is -0.702. The average molecular weight is 229 g/mol. The second-order valence-corrected chi connectivity index (χ2v) is 3.34. The van der Waals surface area contributed by atoms with Crippen LogP contribution in [0.3, 0.4) is 0 Å². The largest absolute Gasteiger partial charge is 0.394 e. The van der Waals surface area contributed by atoms with E-state index in [0.29, 0.717) is 0 Å². The number of hydrogen-bond donors (Lipinski definition) is 3. The lowest BCUT2D eigenvalue weighted by Crippen LogP contribution is -2.37. The van der Waals surface area contributed by atoms with Gasteiger partial charge in [-0.05, 0) is 6.92 Å². The van der Waals surface area contributed by atoms with Crippen molar-refractivity contribution < 1.29 is 9.84 Å². The Kier molecular flexibility index (Phi) is 4.41. The summed E-state index contributed by atoms with van der Waals surface area (Å²) in [4.78, 5) is 24.4. The van der Waals surface area contributed by atoms with Crippen molar-refractivity contribution in [2.45, 2.75) is 19.3 Å². The standard InChI is InChI=1S/C9H15N3O4/c1-6(5-13)16-8(4-10)12-3-2-7(14)11-9(12)15/h2-3,6,8,13H,4-5,10H2,1H3,(H,11,14,15). The fraction of sp³-hybridized carbons (Fsp3) is 0.556. The molecule has 0 aromatic carbocycles. The van der Waals surface area contributed by atoms with E-state index in [2.05, 4.69) is 4.98 Å². The number of rotatable bonds is 5. The zero-order valence-electron chi connectivity index (χ0n) is 8.92. The number of aromatic amines is 1. The first kappa shape index (κ1) is 12.6. The number of nitrogens with two attached hydrogens (primary N) is 1. The summed E-state index contributed by atoms with van der Waals surface area (Å²) in [5.74, 6) is 0. The number of aromatic nitrogens is 2. The third kappa shape index (κ3) is 3.02. The first-order valence-corrected chi connectivity index (χ1v) is 4.86. The molecule has 0 fully saturated rings. The lowest BCUT2D eigenvalue weighted by atomic mass is 10.4. The molecule has 0 aliphatic carbocycles. The van der Waals surface area contributed by atoms with Crippen molar-refractivity contribution in [3.8, 4) is 0 Å². The van der Waals surface area contributed by atoms with Gasteiger partial charge in [-0.15, -0.1) is 0 Å². The number of nitrogens with one attached hydrogen (secondary N) is 1. The topological polar surface area (TPSA) is 110 Å². The maximum absolute atomic E-state index is 11.4. The molecule has 0 amide bonds. The van der Waals surface area contributed by atoms with E-state index in [-0.39, 0.29) is 13.2 Å². The molecular weight excluding hydrogens is 214 g/mol. The molecule has 0 radical (unpaired) electrons. The highest BCUT2D eigenvalue weighted by Crippen LogP contribution is 2.06. The van der Waals surface area contributed by atoms with Gasteiger partial charge in [-0.3, -0.25) is 14.3 Å². The number of aliphatic hydroxyl groups is 1. The van der Waals surface area contributed by atoms with Crippen LogP contribution in [0.15, 0.2) is 21.9 Å². The minimum absolute atomic E-state index is 0.0658. The molecule has 7 heteroatoms. The predicted octanol–water partition coefficient (Wildman–Crippen LogP) is -1.61. The zero-order valence-corrected chi connectivity index (χ0v) is 8.92. The van der Waals surface area contributed by atoms with Gasteiger partial charge in [0.05, 0.1) is 12.7 Å². The summed E-state index contributed by atoms with van der Waals surface area (Å²) in [6.07, 6.45) is 0.168. The van der Waals surface area contributed by atoms with Crippen LogP contribution < -0.4 is 17.0 Å². The molecule has 16 heavy (non-hydrogen) atoms. The van der Waals surface area contributed by atoms with E-state index in [4.69, 9.17) is 15.6 Å². The minimum Gasteiger partial charge on any atom is -0.394 e. The van der Waals surface area contributed by atoms with Crippen molar-refractivity contribution in [2.24, 2.45) is 5.73 Å². The van der Waals surface area contributed by atoms with Gasteiger partial charge >= 0.3 is 5.69 Å². The maximum Gasteiger partial charge on any atom is 0.330 e. The van der Waals surface area contributed by atoms with E-state index < -0.39 is 23.6 Å². The third-order valence-corrected chi connectivity index (χ3v) is 2.01. The summed E-state index contributed by atoms with van der Waals surface area (Å²) in [6.45, 7) is 1.55. The van der Waals surface area contributed by atoms with Crippen LogP contribution >= 0.6 is 0 Å². The van der Waals surface area contributed by atoms with Crippen LogP contribution in [-0.4, -0.2) is 33.9 Å². The van der Waals surface area contributed by atoms with E-state index in [9.17, 15) is 9.59 Å². The zero-order chi connectivity index (χ0) is 12.1. The van der Waals surface area contributed by atoms with Gasteiger partial charge in [0.2, 0.25) is 0 Å². The number of H-pyrrole nitrogens is 1. The molecule has 90 valence electrons. The first-order valence-electron chi connectivity index (χ1n) is 4.86. The highest BCUT2D eigenvalue weighted by molar-refractivity contribution is 4.84. The van der Waals surface area contributed by atoms with E-state index in [1.165, 1.54) is 16.8 Å². The monoisotopic (exact) mass is 229 g/mol. The average Bonchev–Trinajstić information content (AvgIpc) is 2.26. The van der Waals surface area contributed by atoms with Crippen LogP contribution in [0.5, 0.6) is 0 Å². The van der Waals surface area contributed by atoms with Gasteiger partial charge < -0.3 is 15.6 Å². The quantitative estimate of drug-likeness (QED) is 0.562. The van der Waals surface area contributed by atoms with Crippen molar-refractivity contribution in [2.75, 3.05) is 13.2 Å². The molecule has 1 aromatic rings. The molecule has 1 heterocycles. The third-order valence-electron chi connectivity index (χ3n) is 2.01. The van der Waals surface area contributed by atoms with Gasteiger partial charge in [0, 0.05) is 18.8 Å². The second kappa shape index (κ2) is 5.59. The molecule has 0 aliphatic heterocycles. The lowest BCUT2D eigenvalue weighted by Gasteiger charge is -2.21. The van der Waals surface area contributed by atoms with Gasteiger partial charge in [0.15, 0.2) is 6.23 Å². The molecule has 0 saturated carbocycles. The molecule has 4 N–H and O–H groups in total. The highest BCUT2D eigenvalue weighted by Gasteiger charge is 2.14. The molecule has 2 atom stereocenters. The molecular formula is C9H15N3O4. The maximum atomic E-state index is 11.4. The molecule has 0 aliphatic rings. The Hall–Kier alpha value is -1.44. The fourth-order valence-electron chi connectivity index (χ4n) is 1.20. The Labute approximate surface area is 91.5 Å². The van der Waals surface area contributed by atoms with Crippen LogP contribution in [0, 0.1) is 0 Å². The lowest BCUT2D eigenvalue weighted by molar-refractivity contribution is -0.0629. The summed E-state index contributed by atoms with van der Waals surface area (Å²) in [5.41, 5.74) is 4.39. The van der Waals surface area contributed by atoms with Crippen molar-refractivity contribution in [1.29, 1.82) is 0 Å². The summed E-state index contributed by atoms with van der Waals surface area (Å²) >= 11 is 0. The van der Waals surface area contributed by atoms with E-state index in [1.54, 1.807) is 6.92 Å². The van der Waals surface area contributed by atoms with Gasteiger partial charge in [-0.2, -0.15) is 0 Å². The molecule has 1 aromatic heterocycles. The van der Waals surface area contributed by atoms with Gasteiger partial charge in [-0.25, -0.2) is 4.79 Å². The van der Waals surface area contributed by atoms with Crippen molar-refractivity contribution >= 4 is 0 Å². The van der Waals surface area contributed by atoms with Crippen LogP contribution in [0.1, 0.15) is 13.2 Å². The molecule has 0 spiro atoms. The molecule has 2 unspecified atom stereocenters. The number of nitrogens with zero attached hydrogens (tertiary/aromatic N) is 1. The summed E-state index contributed by atoms with van der Waals surface area (Å²) < 4.78 is 6.50. The Bertz CT molecular complexity index is 439. The van der Waals surface area contributed by atoms with Crippen molar-refractivity contribution in [3.63, 3.8) is 0 Å². The molecule has 0 saturated heterocycles. The van der Waals surface area contributed by atoms with Gasteiger partial charge in [0.25, 0.3) is 5.56 Å². The normalized spacial score (nSPS) is 14.7. The fourth-order valence-corrected chi connectivity index (χ4v) is 1.20. The molecule has 7 nitrogen and oxygen atoms in total. The Balaban J connectivity index is 2.95. The Morgan fingerprint density at radius 2 is 2.31 bits per heavy atom. The van der Waals surface area contributed by atoms with Crippen LogP contribution in [0.25, 0.3) is 0 Å².